The van der Waals surface area contributed by atoms with Crippen LogP contribution in [-0.2, 0) is 18.4 Å². The molecule has 0 spiro atoms. The molecule has 4 heteroatoms. The summed E-state index contributed by atoms with van der Waals surface area (Å²) in [7, 11) is 2.04. The number of aryl methyl sites for hydroxylation is 1. The van der Waals surface area contributed by atoms with Gasteiger partial charge in [-0.25, -0.2) is 4.57 Å². The van der Waals surface area contributed by atoms with Crippen molar-refractivity contribution in [3.63, 3.8) is 0 Å². The van der Waals surface area contributed by atoms with E-state index in [4.69, 9.17) is 0 Å². The fourth-order valence-corrected chi connectivity index (χ4v) is 4.10. The third-order valence-electron chi connectivity index (χ3n) is 5.63. The summed E-state index contributed by atoms with van der Waals surface area (Å²) in [6.07, 6.45) is 14.3. The van der Waals surface area contributed by atoms with Crippen LogP contribution in [-0.4, -0.2) is 16.5 Å². The van der Waals surface area contributed by atoms with E-state index in [2.05, 4.69) is 57.1 Å². The monoisotopic (exact) mass is 374 g/mol. The molecule has 144 valence electrons. The summed E-state index contributed by atoms with van der Waals surface area (Å²) in [4.78, 5) is 12.6. The summed E-state index contributed by atoms with van der Waals surface area (Å²) in [6.45, 7) is 0.365. The lowest BCUT2D eigenvalue weighted by Gasteiger charge is -2.22. The number of rotatable bonds is 5. The van der Waals surface area contributed by atoms with Gasteiger partial charge < -0.3 is 9.88 Å². The van der Waals surface area contributed by atoms with E-state index < -0.39 is 0 Å². The SMILES string of the molecule is C[n+]1ccccc1/C=C/c1cn(CC(=O)NC2CCCCC2)c2ccccc12. The molecule has 0 atom stereocenters. The van der Waals surface area contributed by atoms with E-state index in [9.17, 15) is 4.79 Å². The van der Waals surface area contributed by atoms with Crippen LogP contribution in [0.2, 0.25) is 0 Å². The molecule has 1 amide bonds. The van der Waals surface area contributed by atoms with Crippen LogP contribution < -0.4 is 9.88 Å². The molecule has 4 rings (SSSR count). The first kappa shape index (κ1) is 18.5. The molecular weight excluding hydrogens is 346 g/mol. The zero-order chi connectivity index (χ0) is 19.3. The smallest absolute Gasteiger partial charge is 0.240 e. The molecule has 4 nitrogen and oxygen atoms in total. The average Bonchev–Trinajstić information content (AvgIpc) is 3.06. The highest BCUT2D eigenvalue weighted by Crippen LogP contribution is 2.23. The van der Waals surface area contributed by atoms with Gasteiger partial charge >= 0.3 is 0 Å². The van der Waals surface area contributed by atoms with Crippen LogP contribution in [0.25, 0.3) is 23.1 Å². The molecule has 28 heavy (non-hydrogen) atoms. The molecule has 0 radical (unpaired) electrons. The van der Waals surface area contributed by atoms with Crippen molar-refractivity contribution in [2.24, 2.45) is 7.05 Å². The number of para-hydroxylation sites is 1. The zero-order valence-corrected chi connectivity index (χ0v) is 16.5. The highest BCUT2D eigenvalue weighted by Gasteiger charge is 2.16. The number of fused-ring (bicyclic) bond motifs is 1. The first-order valence-corrected chi connectivity index (χ1v) is 10.2. The molecule has 0 bridgehead atoms. The molecule has 2 aromatic heterocycles. The lowest BCUT2D eigenvalue weighted by atomic mass is 9.95. The maximum atomic E-state index is 12.6. The van der Waals surface area contributed by atoms with Crippen molar-refractivity contribution in [2.45, 2.75) is 44.7 Å². The fraction of sp³-hybridized carbons (Fsp3) is 0.333. The number of pyridine rings is 1. The molecule has 0 aliphatic heterocycles. The van der Waals surface area contributed by atoms with E-state index in [1.807, 2.05) is 31.4 Å². The van der Waals surface area contributed by atoms with Crippen LogP contribution in [0, 0.1) is 0 Å². The van der Waals surface area contributed by atoms with E-state index in [0.717, 1.165) is 29.6 Å². The number of benzene rings is 1. The number of carbonyl (C=O) groups is 1. The zero-order valence-electron chi connectivity index (χ0n) is 16.5. The molecule has 1 aliphatic rings. The summed E-state index contributed by atoms with van der Waals surface area (Å²) in [5, 5.41) is 4.39. The Morgan fingerprint density at radius 3 is 2.71 bits per heavy atom. The van der Waals surface area contributed by atoms with Crippen LogP contribution in [0.5, 0.6) is 0 Å². The van der Waals surface area contributed by atoms with Gasteiger partial charge in [-0.05, 0) is 31.1 Å². The third-order valence-corrected chi connectivity index (χ3v) is 5.63. The molecule has 1 N–H and O–H groups in total. The number of hydrogen-bond donors (Lipinski definition) is 1. The molecule has 1 saturated carbocycles. The summed E-state index contributed by atoms with van der Waals surface area (Å²) < 4.78 is 4.16. The van der Waals surface area contributed by atoms with Gasteiger partial charge in [0.05, 0.1) is 0 Å². The lowest BCUT2D eigenvalue weighted by Crippen LogP contribution is -2.38. The summed E-state index contributed by atoms with van der Waals surface area (Å²) in [5.41, 5.74) is 3.36. The Bertz CT molecular complexity index is 996. The predicted molar refractivity (Wildman–Crippen MR) is 113 cm³/mol. The number of nitrogens with one attached hydrogen (secondary N) is 1. The highest BCUT2D eigenvalue weighted by atomic mass is 16.2. The molecule has 3 aromatic rings. The molecule has 2 heterocycles. The van der Waals surface area contributed by atoms with E-state index in [1.54, 1.807) is 0 Å². The van der Waals surface area contributed by atoms with Gasteiger partial charge in [-0.1, -0.05) is 37.5 Å². The highest BCUT2D eigenvalue weighted by molar-refractivity contribution is 5.92. The van der Waals surface area contributed by atoms with Gasteiger partial charge in [-0.15, -0.1) is 0 Å². The Labute approximate surface area is 166 Å². The first-order valence-electron chi connectivity index (χ1n) is 10.2. The van der Waals surface area contributed by atoms with Gasteiger partial charge in [-0.2, -0.15) is 0 Å². The van der Waals surface area contributed by atoms with Crippen molar-refractivity contribution in [3.05, 3.63) is 66.1 Å². The van der Waals surface area contributed by atoms with Crippen molar-refractivity contribution in [3.8, 4) is 0 Å². The Morgan fingerprint density at radius 2 is 1.89 bits per heavy atom. The lowest BCUT2D eigenvalue weighted by molar-refractivity contribution is -0.673. The largest absolute Gasteiger partial charge is 0.352 e. The molecule has 1 aliphatic carbocycles. The maximum Gasteiger partial charge on any atom is 0.240 e. The van der Waals surface area contributed by atoms with Crippen molar-refractivity contribution in [2.75, 3.05) is 0 Å². The third kappa shape index (κ3) is 4.16. The summed E-state index contributed by atoms with van der Waals surface area (Å²) in [5.74, 6) is 0.109. The van der Waals surface area contributed by atoms with Crippen LogP contribution in [0.1, 0.15) is 43.4 Å². The van der Waals surface area contributed by atoms with Crippen LogP contribution in [0.3, 0.4) is 0 Å². The minimum absolute atomic E-state index is 0.109. The topological polar surface area (TPSA) is 37.9 Å². The molecule has 1 aromatic carbocycles. The van der Waals surface area contributed by atoms with Crippen molar-refractivity contribution in [1.82, 2.24) is 9.88 Å². The normalized spacial score (nSPS) is 15.3. The van der Waals surface area contributed by atoms with Crippen LogP contribution in [0.4, 0.5) is 0 Å². The quantitative estimate of drug-likeness (QED) is 0.671. The minimum atomic E-state index is 0.109. The standard InChI is InChI=1S/C24H27N3O/c1-26-16-8-7-11-21(26)15-14-19-17-27(23-13-6-5-12-22(19)23)18-24(28)25-20-9-3-2-4-10-20/h5-8,11-17,20H,2-4,9-10,18H2,1H3/p+1. The van der Waals surface area contributed by atoms with Crippen molar-refractivity contribution >= 4 is 29.0 Å². The molecule has 0 unspecified atom stereocenters. The van der Waals surface area contributed by atoms with E-state index in [0.29, 0.717) is 12.6 Å². The maximum absolute atomic E-state index is 12.6. The van der Waals surface area contributed by atoms with E-state index >= 15 is 0 Å². The van der Waals surface area contributed by atoms with Gasteiger partial charge in [0.1, 0.15) is 13.6 Å². The Balaban J connectivity index is 1.56. The number of amides is 1. The molecular formula is C24H28N3O+. The Hall–Kier alpha value is -2.88. The van der Waals surface area contributed by atoms with Crippen molar-refractivity contribution < 1.29 is 9.36 Å². The van der Waals surface area contributed by atoms with Crippen molar-refractivity contribution in [1.29, 1.82) is 0 Å². The second-order valence-electron chi connectivity index (χ2n) is 7.70. The molecule has 1 fully saturated rings. The van der Waals surface area contributed by atoms with Gasteiger partial charge in [0.2, 0.25) is 11.6 Å². The number of nitrogens with zero attached hydrogens (tertiary/aromatic N) is 2. The van der Waals surface area contributed by atoms with Gasteiger partial charge in [0, 0.05) is 46.9 Å². The molecule has 0 saturated heterocycles. The second-order valence-corrected chi connectivity index (χ2v) is 7.70. The predicted octanol–water partition coefficient (Wildman–Crippen LogP) is 4.09. The Morgan fingerprint density at radius 1 is 1.11 bits per heavy atom. The van der Waals surface area contributed by atoms with Gasteiger partial charge in [0.15, 0.2) is 6.20 Å². The Kier molecular flexibility index (Phi) is 5.56. The van der Waals surface area contributed by atoms with E-state index in [1.165, 1.54) is 24.6 Å². The van der Waals surface area contributed by atoms with Crippen LogP contribution in [0.15, 0.2) is 54.9 Å². The average molecular weight is 375 g/mol. The fourth-order valence-electron chi connectivity index (χ4n) is 4.10. The first-order chi connectivity index (χ1) is 13.7. The number of hydrogen-bond acceptors (Lipinski definition) is 1. The second kappa shape index (κ2) is 8.42. The number of aromatic nitrogens is 2. The van der Waals surface area contributed by atoms with Crippen LogP contribution >= 0.6 is 0 Å². The minimum Gasteiger partial charge on any atom is -0.352 e. The van der Waals surface area contributed by atoms with E-state index in [-0.39, 0.29) is 5.91 Å². The summed E-state index contributed by atoms with van der Waals surface area (Å²) >= 11 is 0. The summed E-state index contributed by atoms with van der Waals surface area (Å²) in [6, 6.07) is 14.8. The number of carbonyl (C=O) groups excluding carboxylic acids is 1. The van der Waals surface area contributed by atoms with Gasteiger partial charge in [0.25, 0.3) is 0 Å². The van der Waals surface area contributed by atoms with Gasteiger partial charge in [-0.3, -0.25) is 4.79 Å².